The van der Waals surface area contributed by atoms with Gasteiger partial charge in [0.2, 0.25) is 11.8 Å². The maximum Gasteiger partial charge on any atom is 0.290 e. The monoisotopic (exact) mass is 679 g/mol. The molecule has 0 spiro atoms. The Hall–Kier alpha value is -4.41. The fraction of sp³-hybridized carbons (Fsp3) is 0.345. The van der Waals surface area contributed by atoms with E-state index in [9.17, 15) is 13.2 Å². The Morgan fingerprint density at radius 3 is 2.43 bits per heavy atom. The van der Waals surface area contributed by atoms with Crippen LogP contribution in [0, 0.1) is 11.6 Å². The zero-order valence-electron chi connectivity index (χ0n) is 25.3. The SMILES string of the molecule is COc1ncc(Cl)cc1S(=O)(=O)Nc1ccc(F)c(-c2cc3cnc(NC4CCC(N(C)C)CC4)nc3n(C)c2=O)c1F.O=CO. The maximum absolute atomic E-state index is 15.8. The molecule has 5 rings (SSSR count). The summed E-state index contributed by atoms with van der Waals surface area (Å²) in [7, 11) is 2.30. The fourth-order valence-corrected chi connectivity index (χ4v) is 6.67. The van der Waals surface area contributed by atoms with Crippen LogP contribution in [0.15, 0.2) is 46.3 Å². The lowest BCUT2D eigenvalue weighted by atomic mass is 9.91. The summed E-state index contributed by atoms with van der Waals surface area (Å²) >= 11 is 5.91. The summed E-state index contributed by atoms with van der Waals surface area (Å²) in [6.07, 6.45) is 6.62. The van der Waals surface area contributed by atoms with Gasteiger partial charge in [-0.3, -0.25) is 18.9 Å². The summed E-state index contributed by atoms with van der Waals surface area (Å²) in [5.74, 6) is -2.28. The first kappa shape index (κ1) is 34.5. The van der Waals surface area contributed by atoms with Crippen molar-refractivity contribution in [3.8, 4) is 17.0 Å². The van der Waals surface area contributed by atoms with Crippen molar-refractivity contribution in [3.05, 3.63) is 63.7 Å². The molecule has 0 atom stereocenters. The molecule has 0 aliphatic heterocycles. The van der Waals surface area contributed by atoms with Crippen LogP contribution in [0.5, 0.6) is 5.88 Å². The number of fused-ring (bicyclic) bond motifs is 1. The number of sulfonamides is 1. The van der Waals surface area contributed by atoms with Crippen molar-refractivity contribution in [2.24, 2.45) is 7.05 Å². The van der Waals surface area contributed by atoms with Crippen LogP contribution in [0.1, 0.15) is 25.7 Å². The number of nitrogens with one attached hydrogen (secondary N) is 2. The topological polar surface area (TPSA) is 169 Å². The summed E-state index contributed by atoms with van der Waals surface area (Å²) in [4.78, 5) is 36.2. The van der Waals surface area contributed by atoms with Gasteiger partial charge >= 0.3 is 0 Å². The molecule has 1 aliphatic rings. The summed E-state index contributed by atoms with van der Waals surface area (Å²) in [6, 6.07) is 4.85. The Morgan fingerprint density at radius 2 is 1.80 bits per heavy atom. The number of halogens is 3. The van der Waals surface area contributed by atoms with Crippen LogP contribution in [-0.4, -0.2) is 77.7 Å². The molecule has 3 N–H and O–H groups in total. The van der Waals surface area contributed by atoms with Gasteiger partial charge in [0.25, 0.3) is 22.1 Å². The molecule has 46 heavy (non-hydrogen) atoms. The number of hydrogen-bond donors (Lipinski definition) is 3. The van der Waals surface area contributed by atoms with E-state index < -0.39 is 43.4 Å². The van der Waals surface area contributed by atoms with Gasteiger partial charge in [0.1, 0.15) is 11.5 Å². The highest BCUT2D eigenvalue weighted by molar-refractivity contribution is 7.92. The lowest BCUT2D eigenvalue weighted by molar-refractivity contribution is -0.122. The van der Waals surface area contributed by atoms with Crippen LogP contribution in [0.3, 0.4) is 0 Å². The molecule has 4 aromatic rings. The third-order valence-corrected chi connectivity index (χ3v) is 9.15. The average Bonchev–Trinajstić information content (AvgIpc) is 3.02. The van der Waals surface area contributed by atoms with E-state index in [1.54, 1.807) is 0 Å². The van der Waals surface area contributed by atoms with Crippen LogP contribution >= 0.6 is 11.6 Å². The number of carbonyl (C=O) groups is 1. The van der Waals surface area contributed by atoms with Crippen molar-refractivity contribution in [2.75, 3.05) is 31.2 Å². The van der Waals surface area contributed by atoms with Gasteiger partial charge in [-0.2, -0.15) is 4.98 Å². The molecule has 3 aromatic heterocycles. The number of ether oxygens (including phenoxy) is 1. The number of hydrogen-bond acceptors (Lipinski definition) is 10. The van der Waals surface area contributed by atoms with E-state index in [0.717, 1.165) is 43.9 Å². The number of carboxylic acid groups (broad SMARTS) is 1. The number of pyridine rings is 2. The first-order chi connectivity index (χ1) is 21.8. The molecule has 1 aliphatic carbocycles. The standard InChI is InChI=1S/C28H30ClF2N7O4S.CH2O2/c1-37(2)18-7-5-17(6-8-18)34-28-33-13-15-11-19(27(39)38(3)25(15)35-28)23-20(30)9-10-21(24(23)31)36-43(40,41)22-12-16(29)14-32-26(22)42-4;2-1-3/h9-14,17-18,36H,5-8H2,1-4H3,(H,33,34,35);1H,(H,2,3). The predicted molar refractivity (Wildman–Crippen MR) is 169 cm³/mol. The third-order valence-electron chi connectivity index (χ3n) is 7.58. The Bertz CT molecular complexity index is 1920. The van der Waals surface area contributed by atoms with Crippen molar-refractivity contribution in [1.82, 2.24) is 24.4 Å². The van der Waals surface area contributed by atoms with E-state index in [1.165, 1.54) is 37.2 Å². The maximum atomic E-state index is 15.8. The third kappa shape index (κ3) is 7.35. The Balaban J connectivity index is 0.00000154. The van der Waals surface area contributed by atoms with Gasteiger partial charge < -0.3 is 20.1 Å². The number of aryl methyl sites for hydroxylation is 1. The van der Waals surface area contributed by atoms with Gasteiger partial charge in [-0.1, -0.05) is 11.6 Å². The Morgan fingerprint density at radius 1 is 1.13 bits per heavy atom. The quantitative estimate of drug-likeness (QED) is 0.229. The first-order valence-corrected chi connectivity index (χ1v) is 15.8. The molecule has 0 unspecified atom stereocenters. The fourth-order valence-electron chi connectivity index (χ4n) is 5.25. The van der Waals surface area contributed by atoms with Crippen molar-refractivity contribution in [2.45, 2.75) is 42.7 Å². The van der Waals surface area contributed by atoms with Crippen LogP contribution < -0.4 is 20.3 Å². The van der Waals surface area contributed by atoms with E-state index in [-0.39, 0.29) is 34.6 Å². The largest absolute Gasteiger partial charge is 0.483 e. The smallest absolute Gasteiger partial charge is 0.290 e. The molecule has 13 nitrogen and oxygen atoms in total. The van der Waals surface area contributed by atoms with E-state index in [1.807, 2.05) is 0 Å². The lowest BCUT2D eigenvalue weighted by Crippen LogP contribution is -2.36. The molecular formula is C29H32ClF2N7O6S. The van der Waals surface area contributed by atoms with Gasteiger partial charge in [0.15, 0.2) is 10.7 Å². The molecule has 1 saturated carbocycles. The number of rotatable bonds is 8. The molecule has 0 bridgehead atoms. The van der Waals surface area contributed by atoms with Gasteiger partial charge in [0, 0.05) is 36.9 Å². The Labute approximate surface area is 268 Å². The minimum absolute atomic E-state index is 0.00149. The lowest BCUT2D eigenvalue weighted by Gasteiger charge is -2.32. The van der Waals surface area contributed by atoms with Crippen molar-refractivity contribution >= 4 is 50.8 Å². The second-order valence-corrected chi connectivity index (χ2v) is 12.8. The van der Waals surface area contributed by atoms with Crippen LogP contribution in [0.4, 0.5) is 20.4 Å². The van der Waals surface area contributed by atoms with Crippen LogP contribution in [0.2, 0.25) is 5.02 Å². The van der Waals surface area contributed by atoms with Gasteiger partial charge in [-0.05, 0) is 64.0 Å². The molecule has 1 fully saturated rings. The number of nitrogens with zero attached hydrogens (tertiary/aromatic N) is 5. The molecule has 246 valence electrons. The van der Waals surface area contributed by atoms with Gasteiger partial charge in [-0.15, -0.1) is 0 Å². The summed E-state index contributed by atoms with van der Waals surface area (Å²) in [5.41, 5.74) is -2.10. The number of methoxy groups -OCH3 is 1. The molecule has 0 radical (unpaired) electrons. The van der Waals surface area contributed by atoms with E-state index in [2.05, 4.69) is 44.0 Å². The highest BCUT2D eigenvalue weighted by atomic mass is 35.5. The van der Waals surface area contributed by atoms with Gasteiger partial charge in [0.05, 0.1) is 28.9 Å². The molecule has 17 heteroatoms. The number of benzene rings is 1. The Kier molecular flexibility index (Phi) is 10.7. The molecule has 0 amide bonds. The molecule has 0 saturated heterocycles. The summed E-state index contributed by atoms with van der Waals surface area (Å²) < 4.78 is 65.3. The second kappa shape index (κ2) is 14.3. The van der Waals surface area contributed by atoms with Gasteiger partial charge in [-0.25, -0.2) is 27.2 Å². The minimum Gasteiger partial charge on any atom is -0.483 e. The molecule has 3 heterocycles. The highest BCUT2D eigenvalue weighted by Gasteiger charge is 2.27. The zero-order chi connectivity index (χ0) is 33.8. The second-order valence-electron chi connectivity index (χ2n) is 10.7. The van der Waals surface area contributed by atoms with Crippen molar-refractivity contribution in [1.29, 1.82) is 0 Å². The summed E-state index contributed by atoms with van der Waals surface area (Å²) in [6.45, 7) is -0.250. The zero-order valence-corrected chi connectivity index (χ0v) is 26.9. The summed E-state index contributed by atoms with van der Waals surface area (Å²) in [5, 5.41) is 10.6. The van der Waals surface area contributed by atoms with Crippen LogP contribution in [-0.2, 0) is 21.9 Å². The van der Waals surface area contributed by atoms with E-state index in [4.69, 9.17) is 26.2 Å². The number of anilines is 2. The minimum atomic E-state index is -4.49. The average molecular weight is 680 g/mol. The van der Waals surface area contributed by atoms with E-state index >= 15 is 8.78 Å². The van der Waals surface area contributed by atoms with Crippen LogP contribution in [0.25, 0.3) is 22.2 Å². The predicted octanol–water partition coefficient (Wildman–Crippen LogP) is 4.12. The van der Waals surface area contributed by atoms with Crippen molar-refractivity contribution < 1.29 is 31.8 Å². The van der Waals surface area contributed by atoms with E-state index in [0.29, 0.717) is 17.4 Å². The first-order valence-electron chi connectivity index (χ1n) is 13.9. The molecular weight excluding hydrogens is 648 g/mol. The number of aromatic nitrogens is 4. The molecule has 1 aromatic carbocycles. The van der Waals surface area contributed by atoms with Crippen molar-refractivity contribution in [3.63, 3.8) is 0 Å². The normalized spacial score (nSPS) is 16.4. The highest BCUT2D eigenvalue weighted by Crippen LogP contribution is 2.33.